The fraction of sp³-hybridized carbons (Fsp3) is 0.500. The van der Waals surface area contributed by atoms with E-state index < -0.39 is 14.9 Å². The molecule has 0 atom stereocenters. The highest BCUT2D eigenvalue weighted by Crippen LogP contribution is 2.25. The van der Waals surface area contributed by atoms with Crippen molar-refractivity contribution in [1.82, 2.24) is 4.72 Å². The van der Waals surface area contributed by atoms with E-state index in [4.69, 9.17) is 16.3 Å². The van der Waals surface area contributed by atoms with Crippen LogP contribution in [0, 0.1) is 10.1 Å². The average molecular weight is 337 g/mol. The highest BCUT2D eigenvalue weighted by Gasteiger charge is 2.21. The van der Waals surface area contributed by atoms with E-state index >= 15 is 0 Å². The van der Waals surface area contributed by atoms with Crippen LogP contribution in [0.5, 0.6) is 0 Å². The summed E-state index contributed by atoms with van der Waals surface area (Å²) in [6.45, 7) is 2.89. The van der Waals surface area contributed by atoms with Crippen molar-refractivity contribution in [1.29, 1.82) is 0 Å². The number of nitro groups is 1. The maximum absolute atomic E-state index is 12.0. The van der Waals surface area contributed by atoms with E-state index in [1.165, 1.54) is 6.07 Å². The van der Waals surface area contributed by atoms with Crippen LogP contribution in [-0.2, 0) is 14.8 Å². The maximum atomic E-state index is 12.0. The number of non-ortho nitro benzene ring substituents is 1. The first-order valence-corrected chi connectivity index (χ1v) is 8.26. The van der Waals surface area contributed by atoms with E-state index in [9.17, 15) is 18.5 Å². The molecule has 0 bridgehead atoms. The summed E-state index contributed by atoms with van der Waals surface area (Å²) in [6.07, 6.45) is 1.90. The first-order chi connectivity index (χ1) is 9.88. The second-order valence-electron chi connectivity index (χ2n) is 4.24. The Morgan fingerprint density at radius 1 is 1.38 bits per heavy atom. The number of ether oxygens (including phenoxy) is 1. The molecule has 0 heterocycles. The van der Waals surface area contributed by atoms with Crippen LogP contribution in [0.4, 0.5) is 5.69 Å². The Kier molecular flexibility index (Phi) is 7.03. The summed E-state index contributed by atoms with van der Waals surface area (Å²) in [4.78, 5) is 9.69. The van der Waals surface area contributed by atoms with Gasteiger partial charge in [0.2, 0.25) is 10.0 Å². The van der Waals surface area contributed by atoms with Crippen LogP contribution in [0.2, 0.25) is 5.02 Å². The van der Waals surface area contributed by atoms with E-state index in [1.807, 2.05) is 6.92 Å². The van der Waals surface area contributed by atoms with Gasteiger partial charge < -0.3 is 4.74 Å². The molecule has 118 valence electrons. The molecule has 1 aromatic rings. The second kappa shape index (κ2) is 8.28. The lowest BCUT2D eigenvalue weighted by molar-refractivity contribution is -0.385. The Morgan fingerprint density at radius 3 is 2.71 bits per heavy atom. The fourth-order valence-electron chi connectivity index (χ4n) is 1.49. The minimum Gasteiger partial charge on any atom is -0.380 e. The molecule has 1 N–H and O–H groups in total. The number of nitro benzene ring substituents is 1. The molecule has 21 heavy (non-hydrogen) atoms. The minimum absolute atomic E-state index is 0.0694. The zero-order chi connectivity index (χ0) is 15.9. The Bertz CT molecular complexity index is 591. The molecule has 0 aliphatic heterocycles. The second-order valence-corrected chi connectivity index (χ2v) is 6.38. The van der Waals surface area contributed by atoms with E-state index in [1.54, 1.807) is 0 Å². The summed E-state index contributed by atoms with van der Waals surface area (Å²) in [5.74, 6) is 0. The van der Waals surface area contributed by atoms with Crippen molar-refractivity contribution in [3.05, 3.63) is 33.3 Å². The molecule has 1 rings (SSSR count). The molecular formula is C12H17ClN2O5S. The Balaban J connectivity index is 2.70. The van der Waals surface area contributed by atoms with E-state index in [0.29, 0.717) is 6.61 Å². The summed E-state index contributed by atoms with van der Waals surface area (Å²) in [5.41, 5.74) is -0.334. The van der Waals surface area contributed by atoms with Crippen LogP contribution in [0.15, 0.2) is 23.1 Å². The van der Waals surface area contributed by atoms with Gasteiger partial charge in [0, 0.05) is 25.3 Å². The van der Waals surface area contributed by atoms with Crippen LogP contribution in [-0.4, -0.2) is 33.1 Å². The molecule has 0 fully saturated rings. The molecule has 1 aromatic carbocycles. The van der Waals surface area contributed by atoms with Crippen LogP contribution in [0.3, 0.4) is 0 Å². The predicted octanol–water partition coefficient (Wildman–Crippen LogP) is 2.34. The van der Waals surface area contributed by atoms with Gasteiger partial charge in [-0.3, -0.25) is 10.1 Å². The number of nitrogens with zero attached hydrogens (tertiary/aromatic N) is 1. The number of hydrogen-bond acceptors (Lipinski definition) is 5. The smallest absolute Gasteiger partial charge is 0.270 e. The number of benzene rings is 1. The van der Waals surface area contributed by atoms with Crippen molar-refractivity contribution >= 4 is 27.3 Å². The standard InChI is InChI=1S/C12H17ClN2O5S/c1-2-3-7-20-8-6-14-21(18,19)12-9-10(15(16)17)4-5-11(12)13/h4-5,9,14H,2-3,6-8H2,1H3. The van der Waals surface area contributed by atoms with Crippen LogP contribution in [0.25, 0.3) is 0 Å². The van der Waals surface area contributed by atoms with Crippen molar-refractivity contribution in [2.45, 2.75) is 24.7 Å². The lowest BCUT2D eigenvalue weighted by Crippen LogP contribution is -2.27. The van der Waals surface area contributed by atoms with E-state index in [0.717, 1.165) is 25.0 Å². The van der Waals surface area contributed by atoms with Crippen molar-refractivity contribution in [3.8, 4) is 0 Å². The molecule has 7 nitrogen and oxygen atoms in total. The number of nitrogens with one attached hydrogen (secondary N) is 1. The lowest BCUT2D eigenvalue weighted by Gasteiger charge is -2.08. The van der Waals surface area contributed by atoms with Gasteiger partial charge in [-0.25, -0.2) is 13.1 Å². The topological polar surface area (TPSA) is 98.5 Å². The molecule has 0 radical (unpaired) electrons. The molecule has 0 spiro atoms. The van der Waals surface area contributed by atoms with Crippen LogP contribution < -0.4 is 4.72 Å². The number of halogens is 1. The third-order valence-corrected chi connectivity index (χ3v) is 4.54. The quantitative estimate of drug-likeness (QED) is 0.424. The summed E-state index contributed by atoms with van der Waals surface area (Å²) in [6, 6.07) is 3.27. The summed E-state index contributed by atoms with van der Waals surface area (Å²) in [7, 11) is -3.91. The van der Waals surface area contributed by atoms with Crippen LogP contribution >= 0.6 is 11.6 Å². The lowest BCUT2D eigenvalue weighted by atomic mass is 10.3. The number of hydrogen-bond donors (Lipinski definition) is 1. The van der Waals surface area contributed by atoms with Crippen molar-refractivity contribution in [2.24, 2.45) is 0 Å². The van der Waals surface area contributed by atoms with Crippen molar-refractivity contribution in [3.63, 3.8) is 0 Å². The van der Waals surface area contributed by atoms with Gasteiger partial charge in [0.15, 0.2) is 0 Å². The highest BCUT2D eigenvalue weighted by molar-refractivity contribution is 7.89. The fourth-order valence-corrected chi connectivity index (χ4v) is 3.02. The Labute approximate surface area is 128 Å². The zero-order valence-corrected chi connectivity index (χ0v) is 13.1. The van der Waals surface area contributed by atoms with Crippen LogP contribution in [0.1, 0.15) is 19.8 Å². The van der Waals surface area contributed by atoms with E-state index in [-0.39, 0.29) is 28.8 Å². The Hall–Kier alpha value is -1.22. The van der Waals surface area contributed by atoms with Gasteiger partial charge in [0.05, 0.1) is 16.6 Å². The first kappa shape index (κ1) is 17.8. The predicted molar refractivity (Wildman–Crippen MR) is 79.0 cm³/mol. The average Bonchev–Trinajstić information content (AvgIpc) is 2.42. The molecular weight excluding hydrogens is 320 g/mol. The number of rotatable bonds is 9. The summed E-state index contributed by atoms with van der Waals surface area (Å²) < 4.78 is 31.6. The zero-order valence-electron chi connectivity index (χ0n) is 11.5. The van der Waals surface area contributed by atoms with Gasteiger partial charge in [-0.15, -0.1) is 0 Å². The Morgan fingerprint density at radius 2 is 2.10 bits per heavy atom. The van der Waals surface area contributed by atoms with Gasteiger partial charge in [-0.2, -0.15) is 0 Å². The van der Waals surface area contributed by atoms with Gasteiger partial charge in [-0.1, -0.05) is 24.9 Å². The first-order valence-electron chi connectivity index (χ1n) is 6.40. The van der Waals surface area contributed by atoms with Gasteiger partial charge in [0.25, 0.3) is 5.69 Å². The van der Waals surface area contributed by atoms with Gasteiger partial charge in [0.1, 0.15) is 4.90 Å². The molecule has 0 aromatic heterocycles. The molecule has 0 aliphatic rings. The van der Waals surface area contributed by atoms with Gasteiger partial charge in [-0.05, 0) is 12.5 Å². The third kappa shape index (κ3) is 5.58. The van der Waals surface area contributed by atoms with E-state index in [2.05, 4.69) is 4.72 Å². The van der Waals surface area contributed by atoms with Gasteiger partial charge >= 0.3 is 0 Å². The molecule has 0 unspecified atom stereocenters. The largest absolute Gasteiger partial charge is 0.380 e. The molecule has 0 aliphatic carbocycles. The SMILES string of the molecule is CCCCOCCNS(=O)(=O)c1cc([N+](=O)[O-])ccc1Cl. The minimum atomic E-state index is -3.91. The molecule has 0 saturated carbocycles. The number of sulfonamides is 1. The normalized spacial score (nSPS) is 11.5. The van der Waals surface area contributed by atoms with Crippen molar-refractivity contribution < 1.29 is 18.1 Å². The van der Waals surface area contributed by atoms with Crippen molar-refractivity contribution in [2.75, 3.05) is 19.8 Å². The summed E-state index contributed by atoms with van der Waals surface area (Å²) >= 11 is 5.79. The third-order valence-electron chi connectivity index (χ3n) is 2.60. The molecule has 9 heteroatoms. The molecule has 0 saturated heterocycles. The highest BCUT2D eigenvalue weighted by atomic mass is 35.5. The molecule has 0 amide bonds. The maximum Gasteiger partial charge on any atom is 0.270 e. The monoisotopic (exact) mass is 336 g/mol. The summed E-state index contributed by atoms with van der Waals surface area (Å²) in [5, 5.41) is 10.6. The number of unbranched alkanes of at least 4 members (excludes halogenated alkanes) is 1.